The summed E-state index contributed by atoms with van der Waals surface area (Å²) >= 11 is 0. The van der Waals surface area contributed by atoms with E-state index >= 15 is 0 Å². The van der Waals surface area contributed by atoms with Crippen molar-refractivity contribution in [1.82, 2.24) is 10.1 Å². The fourth-order valence-corrected chi connectivity index (χ4v) is 1.11. The second kappa shape index (κ2) is 3.91. The maximum atomic E-state index is 11.1. The number of nitrogens with zero attached hydrogens (tertiary/aromatic N) is 2. The molecule has 0 aliphatic rings. The average Bonchev–Trinajstić information content (AvgIpc) is 2.78. The zero-order valence-electron chi connectivity index (χ0n) is 8.01. The largest absolute Gasteiger partial charge is 0.463 e. The number of hydrogen-bond donors (Lipinski definition) is 0. The summed E-state index contributed by atoms with van der Waals surface area (Å²) in [5, 5.41) is 3.72. The SMILES string of the molecule is COC(=O)c1cc(-c2ccccn2)no1. The van der Waals surface area contributed by atoms with Gasteiger partial charge in [-0.1, -0.05) is 11.2 Å². The van der Waals surface area contributed by atoms with Crippen LogP contribution in [0.4, 0.5) is 0 Å². The summed E-state index contributed by atoms with van der Waals surface area (Å²) in [7, 11) is 1.28. The van der Waals surface area contributed by atoms with Gasteiger partial charge in [-0.25, -0.2) is 4.79 Å². The van der Waals surface area contributed by atoms with Crippen molar-refractivity contribution in [3.63, 3.8) is 0 Å². The Morgan fingerprint density at radius 2 is 2.27 bits per heavy atom. The number of pyridine rings is 1. The van der Waals surface area contributed by atoms with Crippen molar-refractivity contribution >= 4 is 5.97 Å². The highest BCUT2D eigenvalue weighted by atomic mass is 16.5. The first-order chi connectivity index (χ1) is 7.31. The molecule has 76 valence electrons. The van der Waals surface area contributed by atoms with Gasteiger partial charge in [-0.2, -0.15) is 0 Å². The van der Waals surface area contributed by atoms with Crippen LogP contribution in [-0.4, -0.2) is 23.2 Å². The molecule has 0 atom stereocenters. The van der Waals surface area contributed by atoms with E-state index in [-0.39, 0.29) is 5.76 Å². The molecule has 2 aromatic heterocycles. The molecule has 0 N–H and O–H groups in total. The lowest BCUT2D eigenvalue weighted by atomic mass is 10.2. The number of ether oxygens (including phenoxy) is 1. The number of esters is 1. The minimum Gasteiger partial charge on any atom is -0.463 e. The van der Waals surface area contributed by atoms with Gasteiger partial charge in [0.15, 0.2) is 0 Å². The lowest BCUT2D eigenvalue weighted by Crippen LogP contribution is -1.98. The van der Waals surface area contributed by atoms with Gasteiger partial charge in [0.2, 0.25) is 5.76 Å². The van der Waals surface area contributed by atoms with E-state index in [1.807, 2.05) is 6.07 Å². The summed E-state index contributed by atoms with van der Waals surface area (Å²) in [6.07, 6.45) is 1.64. The van der Waals surface area contributed by atoms with Crippen molar-refractivity contribution in [3.8, 4) is 11.4 Å². The lowest BCUT2D eigenvalue weighted by Gasteiger charge is -1.90. The molecule has 0 aromatic carbocycles. The molecule has 2 heterocycles. The molecule has 0 unspecified atom stereocenters. The highest BCUT2D eigenvalue weighted by Crippen LogP contribution is 2.16. The Morgan fingerprint density at radius 1 is 1.40 bits per heavy atom. The maximum Gasteiger partial charge on any atom is 0.376 e. The number of hydrogen-bond acceptors (Lipinski definition) is 5. The van der Waals surface area contributed by atoms with Crippen LogP contribution in [0.1, 0.15) is 10.6 Å². The first-order valence-corrected chi connectivity index (χ1v) is 4.27. The third-order valence-corrected chi connectivity index (χ3v) is 1.82. The number of aromatic nitrogens is 2. The summed E-state index contributed by atoms with van der Waals surface area (Å²) in [6, 6.07) is 6.90. The van der Waals surface area contributed by atoms with E-state index in [1.54, 1.807) is 18.3 Å². The molecule has 5 heteroatoms. The predicted molar refractivity (Wildman–Crippen MR) is 51.1 cm³/mol. The van der Waals surface area contributed by atoms with E-state index in [2.05, 4.69) is 14.9 Å². The van der Waals surface area contributed by atoms with Crippen LogP contribution in [0.15, 0.2) is 35.0 Å². The molecular weight excluding hydrogens is 196 g/mol. The molecule has 0 aliphatic carbocycles. The molecule has 2 rings (SSSR count). The van der Waals surface area contributed by atoms with Gasteiger partial charge < -0.3 is 9.26 Å². The van der Waals surface area contributed by atoms with Gasteiger partial charge in [0.05, 0.1) is 12.8 Å². The van der Waals surface area contributed by atoms with E-state index in [0.29, 0.717) is 11.4 Å². The molecule has 5 nitrogen and oxygen atoms in total. The molecule has 0 aliphatic heterocycles. The fraction of sp³-hybridized carbons (Fsp3) is 0.100. The Bertz CT molecular complexity index is 465. The smallest absolute Gasteiger partial charge is 0.376 e. The topological polar surface area (TPSA) is 65.2 Å². The zero-order chi connectivity index (χ0) is 10.7. The second-order valence-electron chi connectivity index (χ2n) is 2.78. The van der Waals surface area contributed by atoms with Gasteiger partial charge in [0.1, 0.15) is 5.69 Å². The predicted octanol–water partition coefficient (Wildman–Crippen LogP) is 1.52. The molecule has 0 fully saturated rings. The van der Waals surface area contributed by atoms with E-state index < -0.39 is 5.97 Å². The number of rotatable bonds is 2. The maximum absolute atomic E-state index is 11.1. The summed E-state index contributed by atoms with van der Waals surface area (Å²) < 4.78 is 9.30. The van der Waals surface area contributed by atoms with Crippen LogP contribution in [0.25, 0.3) is 11.4 Å². The molecule has 2 aromatic rings. The zero-order valence-corrected chi connectivity index (χ0v) is 8.01. The van der Waals surface area contributed by atoms with Gasteiger partial charge in [-0.05, 0) is 12.1 Å². The van der Waals surface area contributed by atoms with Crippen molar-refractivity contribution in [2.45, 2.75) is 0 Å². The molecular formula is C10H8N2O3. The highest BCUT2D eigenvalue weighted by molar-refractivity contribution is 5.87. The Hall–Kier alpha value is -2.17. The Kier molecular flexibility index (Phi) is 2.45. The van der Waals surface area contributed by atoms with Crippen LogP contribution < -0.4 is 0 Å². The van der Waals surface area contributed by atoms with Gasteiger partial charge in [-0.3, -0.25) is 4.98 Å². The average molecular weight is 204 g/mol. The fourth-order valence-electron chi connectivity index (χ4n) is 1.11. The molecule has 0 saturated heterocycles. The number of methoxy groups -OCH3 is 1. The monoisotopic (exact) mass is 204 g/mol. The van der Waals surface area contributed by atoms with Gasteiger partial charge in [0, 0.05) is 12.3 Å². The van der Waals surface area contributed by atoms with Crippen LogP contribution >= 0.6 is 0 Å². The van der Waals surface area contributed by atoms with Crippen molar-refractivity contribution in [2.24, 2.45) is 0 Å². The number of carbonyl (C=O) groups excluding carboxylic acids is 1. The molecule has 0 radical (unpaired) electrons. The van der Waals surface area contributed by atoms with Crippen LogP contribution in [-0.2, 0) is 4.74 Å². The van der Waals surface area contributed by atoms with Crippen LogP contribution in [0.3, 0.4) is 0 Å². The van der Waals surface area contributed by atoms with Crippen molar-refractivity contribution < 1.29 is 14.1 Å². The van der Waals surface area contributed by atoms with Crippen LogP contribution in [0, 0.1) is 0 Å². The minimum atomic E-state index is -0.551. The van der Waals surface area contributed by atoms with Gasteiger partial charge in [0.25, 0.3) is 0 Å². The Balaban J connectivity index is 2.32. The van der Waals surface area contributed by atoms with Crippen molar-refractivity contribution in [1.29, 1.82) is 0 Å². The first kappa shape index (κ1) is 9.39. The quantitative estimate of drug-likeness (QED) is 0.694. The van der Waals surface area contributed by atoms with Gasteiger partial charge in [-0.15, -0.1) is 0 Å². The summed E-state index contributed by atoms with van der Waals surface area (Å²) in [5.41, 5.74) is 1.16. The summed E-state index contributed by atoms with van der Waals surface area (Å²) in [6.45, 7) is 0. The third-order valence-electron chi connectivity index (χ3n) is 1.82. The molecule has 0 spiro atoms. The molecule has 0 bridgehead atoms. The van der Waals surface area contributed by atoms with Crippen LogP contribution in [0.2, 0.25) is 0 Å². The standard InChI is InChI=1S/C10H8N2O3/c1-14-10(13)9-6-8(12-15-9)7-4-2-3-5-11-7/h2-6H,1H3. The first-order valence-electron chi connectivity index (χ1n) is 4.27. The van der Waals surface area contributed by atoms with Crippen molar-refractivity contribution in [3.05, 3.63) is 36.2 Å². The lowest BCUT2D eigenvalue weighted by molar-refractivity contribution is 0.0554. The second-order valence-corrected chi connectivity index (χ2v) is 2.78. The molecule has 0 saturated carbocycles. The van der Waals surface area contributed by atoms with Gasteiger partial charge >= 0.3 is 5.97 Å². The highest BCUT2D eigenvalue weighted by Gasteiger charge is 2.14. The summed E-state index contributed by atoms with van der Waals surface area (Å²) in [5.74, 6) is -0.483. The Labute approximate surface area is 85.7 Å². The minimum absolute atomic E-state index is 0.0677. The van der Waals surface area contributed by atoms with E-state index in [0.717, 1.165) is 0 Å². The van der Waals surface area contributed by atoms with Crippen LogP contribution in [0.5, 0.6) is 0 Å². The van der Waals surface area contributed by atoms with E-state index in [4.69, 9.17) is 4.52 Å². The summed E-state index contributed by atoms with van der Waals surface area (Å²) in [4.78, 5) is 15.2. The third kappa shape index (κ3) is 1.85. The normalized spacial score (nSPS) is 9.93. The van der Waals surface area contributed by atoms with E-state index in [1.165, 1.54) is 13.2 Å². The number of carbonyl (C=O) groups is 1. The van der Waals surface area contributed by atoms with E-state index in [9.17, 15) is 4.79 Å². The van der Waals surface area contributed by atoms with Crippen molar-refractivity contribution in [2.75, 3.05) is 7.11 Å². The molecule has 15 heavy (non-hydrogen) atoms. The Morgan fingerprint density at radius 3 is 2.93 bits per heavy atom. The molecule has 0 amide bonds.